The third kappa shape index (κ3) is 4.09. The standard InChI is InChI=1S/C43H26N2OS/c1-3-10-27(11-4-1)30-22-24-38-34(26-30)41-39(47-38)25-23-35-42(41)46-43(44-35)29-20-18-28(19-21-29)32-15-9-17-37-40(32)33-14-7-8-16-36(33)45(37)31-12-5-2-6-13-31/h1-26H. The van der Waals surface area contributed by atoms with Crippen LogP contribution in [0.2, 0.25) is 0 Å². The minimum atomic E-state index is 0.636. The van der Waals surface area contributed by atoms with Gasteiger partial charge in [-0.1, -0.05) is 97.1 Å². The minimum Gasteiger partial charge on any atom is -0.435 e. The van der Waals surface area contributed by atoms with Crippen molar-refractivity contribution in [3.8, 4) is 39.4 Å². The van der Waals surface area contributed by atoms with Gasteiger partial charge in [-0.2, -0.15) is 0 Å². The van der Waals surface area contributed by atoms with E-state index >= 15 is 0 Å². The van der Waals surface area contributed by atoms with Crippen molar-refractivity contribution in [1.29, 1.82) is 0 Å². The Hall–Kier alpha value is -5.97. The summed E-state index contributed by atoms with van der Waals surface area (Å²) in [5, 5.41) is 4.84. The van der Waals surface area contributed by atoms with Crippen molar-refractivity contribution in [2.45, 2.75) is 0 Å². The Kier molecular flexibility index (Phi) is 5.74. The van der Waals surface area contributed by atoms with Crippen molar-refractivity contribution in [2.75, 3.05) is 0 Å². The van der Waals surface area contributed by atoms with Crippen LogP contribution in [0.1, 0.15) is 0 Å². The number of para-hydroxylation sites is 2. The highest BCUT2D eigenvalue weighted by atomic mass is 32.1. The largest absolute Gasteiger partial charge is 0.435 e. The average molecular weight is 619 g/mol. The summed E-state index contributed by atoms with van der Waals surface area (Å²) in [6.07, 6.45) is 0. The average Bonchev–Trinajstić information content (AvgIpc) is 3.84. The molecule has 0 saturated carbocycles. The number of thiophene rings is 1. The Labute approximate surface area is 274 Å². The number of hydrogen-bond donors (Lipinski definition) is 0. The molecular formula is C43H26N2OS. The highest BCUT2D eigenvalue weighted by Gasteiger charge is 2.18. The first-order chi connectivity index (χ1) is 23.3. The van der Waals surface area contributed by atoms with E-state index < -0.39 is 0 Å². The van der Waals surface area contributed by atoms with Crippen molar-refractivity contribution >= 4 is 64.4 Å². The van der Waals surface area contributed by atoms with Gasteiger partial charge >= 0.3 is 0 Å². The van der Waals surface area contributed by atoms with E-state index in [-0.39, 0.29) is 0 Å². The lowest BCUT2D eigenvalue weighted by molar-refractivity contribution is 0.623. The predicted molar refractivity (Wildman–Crippen MR) is 198 cm³/mol. The van der Waals surface area contributed by atoms with E-state index in [0.717, 1.165) is 33.3 Å². The topological polar surface area (TPSA) is 31.0 Å². The number of nitrogens with zero attached hydrogens (tertiary/aromatic N) is 2. The van der Waals surface area contributed by atoms with Gasteiger partial charge in [-0.05, 0) is 82.9 Å². The van der Waals surface area contributed by atoms with Crippen molar-refractivity contribution in [3.05, 3.63) is 158 Å². The van der Waals surface area contributed by atoms with Gasteiger partial charge < -0.3 is 8.98 Å². The van der Waals surface area contributed by atoms with E-state index in [1.54, 1.807) is 11.3 Å². The summed E-state index contributed by atoms with van der Waals surface area (Å²) in [7, 11) is 0. The van der Waals surface area contributed by atoms with Crippen LogP contribution in [-0.2, 0) is 0 Å². The van der Waals surface area contributed by atoms with Crippen LogP contribution in [0.25, 0.3) is 92.5 Å². The first-order valence-electron chi connectivity index (χ1n) is 15.8. The number of rotatable bonds is 4. The molecule has 0 amide bonds. The molecule has 0 spiro atoms. The van der Waals surface area contributed by atoms with Gasteiger partial charge in [-0.3, -0.25) is 0 Å². The molecule has 4 heteroatoms. The van der Waals surface area contributed by atoms with E-state index in [4.69, 9.17) is 9.40 Å². The molecule has 220 valence electrons. The van der Waals surface area contributed by atoms with E-state index in [9.17, 15) is 0 Å². The Bertz CT molecular complexity index is 2770. The maximum absolute atomic E-state index is 6.60. The molecule has 0 radical (unpaired) electrons. The third-order valence-electron chi connectivity index (χ3n) is 9.25. The summed E-state index contributed by atoms with van der Waals surface area (Å²) in [6.45, 7) is 0. The number of fused-ring (bicyclic) bond motifs is 8. The molecule has 3 heterocycles. The van der Waals surface area contributed by atoms with Gasteiger partial charge in [0.25, 0.3) is 0 Å². The third-order valence-corrected chi connectivity index (χ3v) is 10.4. The summed E-state index contributed by atoms with van der Waals surface area (Å²) in [5.74, 6) is 0.636. The summed E-state index contributed by atoms with van der Waals surface area (Å²) in [6, 6.07) is 56.0. The van der Waals surface area contributed by atoms with Crippen molar-refractivity contribution in [1.82, 2.24) is 9.55 Å². The molecule has 3 aromatic heterocycles. The molecule has 7 aromatic carbocycles. The van der Waals surface area contributed by atoms with Gasteiger partial charge in [0.15, 0.2) is 5.58 Å². The molecule has 0 unspecified atom stereocenters. The molecule has 0 aliphatic rings. The lowest BCUT2D eigenvalue weighted by atomic mass is 9.98. The zero-order chi connectivity index (χ0) is 30.9. The second kappa shape index (κ2) is 10.3. The van der Waals surface area contributed by atoms with Gasteiger partial charge in [0.2, 0.25) is 5.89 Å². The summed E-state index contributed by atoms with van der Waals surface area (Å²) < 4.78 is 11.4. The van der Waals surface area contributed by atoms with Crippen molar-refractivity contribution in [2.24, 2.45) is 0 Å². The molecule has 10 rings (SSSR count). The second-order valence-electron chi connectivity index (χ2n) is 12.0. The maximum Gasteiger partial charge on any atom is 0.227 e. The smallest absolute Gasteiger partial charge is 0.227 e. The van der Waals surface area contributed by atoms with E-state index in [0.29, 0.717) is 5.89 Å². The molecule has 0 aliphatic heterocycles. The Morgan fingerprint density at radius 1 is 0.489 bits per heavy atom. The van der Waals surface area contributed by atoms with Gasteiger partial charge in [0, 0.05) is 42.2 Å². The van der Waals surface area contributed by atoms with Crippen LogP contribution in [0.3, 0.4) is 0 Å². The summed E-state index contributed by atoms with van der Waals surface area (Å²) in [4.78, 5) is 4.96. The highest BCUT2D eigenvalue weighted by molar-refractivity contribution is 7.26. The van der Waals surface area contributed by atoms with Crippen LogP contribution >= 0.6 is 11.3 Å². The Morgan fingerprint density at radius 2 is 1.19 bits per heavy atom. The highest BCUT2D eigenvalue weighted by Crippen LogP contribution is 2.42. The quantitative estimate of drug-likeness (QED) is 0.196. The van der Waals surface area contributed by atoms with Crippen LogP contribution in [0.15, 0.2) is 162 Å². The molecule has 0 saturated heterocycles. The van der Waals surface area contributed by atoms with Gasteiger partial charge in [-0.15, -0.1) is 11.3 Å². The molecule has 0 atom stereocenters. The Morgan fingerprint density at radius 3 is 2.04 bits per heavy atom. The summed E-state index contributed by atoms with van der Waals surface area (Å²) in [5.41, 5.74) is 11.0. The lowest BCUT2D eigenvalue weighted by Crippen LogP contribution is -1.92. The van der Waals surface area contributed by atoms with Gasteiger partial charge in [0.05, 0.1) is 11.0 Å². The molecule has 0 fully saturated rings. The second-order valence-corrected chi connectivity index (χ2v) is 13.0. The van der Waals surface area contributed by atoms with Crippen LogP contribution < -0.4 is 0 Å². The zero-order valence-corrected chi connectivity index (χ0v) is 26.0. The maximum atomic E-state index is 6.60. The fourth-order valence-corrected chi connectivity index (χ4v) is 8.17. The first kappa shape index (κ1) is 26.3. The normalized spacial score (nSPS) is 11.8. The van der Waals surface area contributed by atoms with Crippen molar-refractivity contribution < 1.29 is 4.42 Å². The van der Waals surface area contributed by atoms with Crippen LogP contribution in [0, 0.1) is 0 Å². The molecule has 10 aromatic rings. The van der Waals surface area contributed by atoms with Crippen LogP contribution in [0.4, 0.5) is 0 Å². The predicted octanol–water partition coefficient (Wildman–Crippen LogP) is 12.3. The number of aromatic nitrogens is 2. The van der Waals surface area contributed by atoms with E-state index in [2.05, 4.69) is 162 Å². The van der Waals surface area contributed by atoms with E-state index in [1.165, 1.54) is 53.3 Å². The molecule has 0 bridgehead atoms. The summed E-state index contributed by atoms with van der Waals surface area (Å²) >= 11 is 1.80. The van der Waals surface area contributed by atoms with Gasteiger partial charge in [-0.25, -0.2) is 4.98 Å². The van der Waals surface area contributed by atoms with Crippen LogP contribution in [0.5, 0.6) is 0 Å². The zero-order valence-electron chi connectivity index (χ0n) is 25.2. The number of benzene rings is 7. The Balaban J connectivity index is 1.09. The molecule has 47 heavy (non-hydrogen) atoms. The van der Waals surface area contributed by atoms with Gasteiger partial charge in [0.1, 0.15) is 5.52 Å². The lowest BCUT2D eigenvalue weighted by Gasteiger charge is -2.09. The fourth-order valence-electron chi connectivity index (χ4n) is 7.09. The number of oxazole rings is 1. The van der Waals surface area contributed by atoms with Crippen molar-refractivity contribution in [3.63, 3.8) is 0 Å². The molecule has 0 N–H and O–H groups in total. The monoisotopic (exact) mass is 618 g/mol. The molecule has 0 aliphatic carbocycles. The molecule has 3 nitrogen and oxygen atoms in total. The SMILES string of the molecule is c1ccc(-c2ccc3sc4ccc5nc(-c6ccc(-c7cccc8c7c7ccccc7n8-c7ccccc7)cc6)oc5c4c3c2)cc1. The van der Waals surface area contributed by atoms with E-state index in [1.807, 2.05) is 0 Å². The molecular weight excluding hydrogens is 593 g/mol. The first-order valence-corrected chi connectivity index (χ1v) is 16.6. The number of hydrogen-bond acceptors (Lipinski definition) is 3. The van der Waals surface area contributed by atoms with Crippen LogP contribution in [-0.4, -0.2) is 9.55 Å². The fraction of sp³-hybridized carbons (Fsp3) is 0. The minimum absolute atomic E-state index is 0.636.